The van der Waals surface area contributed by atoms with Gasteiger partial charge in [-0.2, -0.15) is 0 Å². The molecule has 0 bridgehead atoms. The van der Waals surface area contributed by atoms with E-state index in [9.17, 15) is 4.79 Å². The second kappa shape index (κ2) is 5.31. The smallest absolute Gasteiger partial charge is 0.338 e. The number of benzene rings is 2. The summed E-state index contributed by atoms with van der Waals surface area (Å²) in [6.45, 7) is 0.339. The molecule has 0 spiro atoms. The Kier molecular flexibility index (Phi) is 3.16. The highest BCUT2D eigenvalue weighted by Crippen LogP contribution is 2.32. The van der Waals surface area contributed by atoms with E-state index in [2.05, 4.69) is 4.98 Å². The summed E-state index contributed by atoms with van der Waals surface area (Å²) in [6, 6.07) is 12.8. The van der Waals surface area contributed by atoms with E-state index in [0.29, 0.717) is 17.1 Å². The van der Waals surface area contributed by atoms with Crippen LogP contribution >= 0.6 is 11.3 Å². The highest BCUT2D eigenvalue weighted by atomic mass is 32.1. The van der Waals surface area contributed by atoms with Crippen molar-refractivity contribution >= 4 is 27.5 Å². The second-order valence-electron chi connectivity index (χ2n) is 4.72. The molecule has 0 radical (unpaired) electrons. The van der Waals surface area contributed by atoms with Crippen LogP contribution in [0, 0.1) is 0 Å². The summed E-state index contributed by atoms with van der Waals surface area (Å²) in [6.07, 6.45) is 0. The summed E-state index contributed by atoms with van der Waals surface area (Å²) in [5.41, 5.74) is 1.35. The summed E-state index contributed by atoms with van der Waals surface area (Å²) in [7, 11) is 0. The molecule has 2 aromatic carbocycles. The number of hydrogen-bond donors (Lipinski definition) is 0. The van der Waals surface area contributed by atoms with E-state index in [-0.39, 0.29) is 13.4 Å². The molecular formula is C16H11NO4S. The molecule has 0 unspecified atom stereocenters. The Balaban J connectivity index is 1.47. The molecule has 0 saturated heterocycles. The summed E-state index contributed by atoms with van der Waals surface area (Å²) >= 11 is 1.52. The van der Waals surface area contributed by atoms with Crippen LogP contribution in [-0.4, -0.2) is 17.7 Å². The molecule has 110 valence electrons. The van der Waals surface area contributed by atoms with Crippen molar-refractivity contribution in [1.82, 2.24) is 4.98 Å². The third-order valence-electron chi connectivity index (χ3n) is 3.27. The fourth-order valence-electron chi connectivity index (χ4n) is 2.22. The average molecular weight is 313 g/mol. The van der Waals surface area contributed by atoms with Crippen LogP contribution in [0.25, 0.3) is 10.2 Å². The van der Waals surface area contributed by atoms with Gasteiger partial charge in [-0.3, -0.25) is 0 Å². The first-order valence-corrected chi connectivity index (χ1v) is 7.52. The van der Waals surface area contributed by atoms with Crippen LogP contribution < -0.4 is 9.47 Å². The van der Waals surface area contributed by atoms with Crippen LogP contribution in [0.15, 0.2) is 42.5 Å². The lowest BCUT2D eigenvalue weighted by Crippen LogP contribution is -2.05. The van der Waals surface area contributed by atoms with E-state index in [4.69, 9.17) is 14.2 Å². The van der Waals surface area contributed by atoms with Gasteiger partial charge in [-0.05, 0) is 30.3 Å². The molecule has 0 aliphatic carbocycles. The summed E-state index contributed by atoms with van der Waals surface area (Å²) in [4.78, 5) is 16.5. The molecule has 4 rings (SSSR count). The minimum absolute atomic E-state index is 0.159. The molecule has 5 nitrogen and oxygen atoms in total. The Hall–Kier alpha value is -2.60. The number of esters is 1. The van der Waals surface area contributed by atoms with Crippen LogP contribution in [0.1, 0.15) is 15.4 Å². The number of para-hydroxylation sites is 1. The number of thiazole rings is 1. The van der Waals surface area contributed by atoms with Crippen molar-refractivity contribution in [3.05, 3.63) is 53.0 Å². The zero-order chi connectivity index (χ0) is 14.9. The number of hydrogen-bond acceptors (Lipinski definition) is 6. The molecule has 0 N–H and O–H groups in total. The molecule has 1 aliphatic heterocycles. The van der Waals surface area contributed by atoms with Crippen molar-refractivity contribution in [3.63, 3.8) is 0 Å². The van der Waals surface area contributed by atoms with Gasteiger partial charge in [-0.1, -0.05) is 12.1 Å². The van der Waals surface area contributed by atoms with Crippen molar-refractivity contribution in [3.8, 4) is 11.5 Å². The van der Waals surface area contributed by atoms with Gasteiger partial charge in [0.25, 0.3) is 0 Å². The quantitative estimate of drug-likeness (QED) is 0.694. The van der Waals surface area contributed by atoms with Crippen LogP contribution in [-0.2, 0) is 11.3 Å². The second-order valence-corrected chi connectivity index (χ2v) is 5.83. The Morgan fingerprint density at radius 3 is 2.95 bits per heavy atom. The lowest BCUT2D eigenvalue weighted by molar-refractivity contribution is 0.0472. The topological polar surface area (TPSA) is 57.7 Å². The van der Waals surface area contributed by atoms with Gasteiger partial charge in [0.05, 0.1) is 15.8 Å². The largest absolute Gasteiger partial charge is 0.455 e. The summed E-state index contributed by atoms with van der Waals surface area (Å²) in [5.74, 6) is 0.801. The maximum Gasteiger partial charge on any atom is 0.338 e. The van der Waals surface area contributed by atoms with Crippen LogP contribution in [0.2, 0.25) is 0 Å². The van der Waals surface area contributed by atoms with Gasteiger partial charge < -0.3 is 14.2 Å². The van der Waals surface area contributed by atoms with Crippen molar-refractivity contribution in [2.24, 2.45) is 0 Å². The van der Waals surface area contributed by atoms with Gasteiger partial charge in [0.1, 0.15) is 11.6 Å². The molecule has 1 aliphatic rings. The molecular weight excluding hydrogens is 302 g/mol. The number of fused-ring (bicyclic) bond motifs is 2. The van der Waals surface area contributed by atoms with Crippen LogP contribution in [0.4, 0.5) is 0 Å². The molecule has 0 saturated carbocycles. The molecule has 6 heteroatoms. The van der Waals surface area contributed by atoms with Crippen molar-refractivity contribution in [2.75, 3.05) is 6.79 Å². The third kappa shape index (κ3) is 2.37. The fraction of sp³-hybridized carbons (Fsp3) is 0.125. The first-order valence-electron chi connectivity index (χ1n) is 6.71. The van der Waals surface area contributed by atoms with E-state index in [1.807, 2.05) is 24.3 Å². The summed E-state index contributed by atoms with van der Waals surface area (Å²) < 4.78 is 16.9. The minimum Gasteiger partial charge on any atom is -0.455 e. The maximum atomic E-state index is 12.1. The average Bonchev–Trinajstić information content (AvgIpc) is 3.17. The van der Waals surface area contributed by atoms with Gasteiger partial charge in [0.15, 0.2) is 11.5 Å². The predicted octanol–water partition coefficient (Wildman–Crippen LogP) is 3.38. The fourth-order valence-corrected chi connectivity index (χ4v) is 3.10. The SMILES string of the molecule is O=C(OCc1nc2ccccc2s1)c1ccc2c(c1)OCO2. The van der Waals surface area contributed by atoms with Crippen molar-refractivity contribution in [1.29, 1.82) is 0 Å². The highest BCUT2D eigenvalue weighted by molar-refractivity contribution is 7.18. The molecule has 0 atom stereocenters. The number of carbonyl (C=O) groups excluding carboxylic acids is 1. The molecule has 22 heavy (non-hydrogen) atoms. The van der Waals surface area contributed by atoms with E-state index >= 15 is 0 Å². The zero-order valence-electron chi connectivity index (χ0n) is 11.4. The predicted molar refractivity (Wildman–Crippen MR) is 81.3 cm³/mol. The van der Waals surface area contributed by atoms with Gasteiger partial charge in [0.2, 0.25) is 6.79 Å². The Morgan fingerprint density at radius 1 is 1.18 bits per heavy atom. The van der Waals surface area contributed by atoms with Crippen LogP contribution in [0.3, 0.4) is 0 Å². The third-order valence-corrected chi connectivity index (χ3v) is 4.28. The lowest BCUT2D eigenvalue weighted by Gasteiger charge is -2.03. The number of carbonyl (C=O) groups is 1. The molecule has 2 heterocycles. The number of rotatable bonds is 3. The first-order chi connectivity index (χ1) is 10.8. The van der Waals surface area contributed by atoms with E-state index in [0.717, 1.165) is 15.2 Å². The van der Waals surface area contributed by atoms with E-state index < -0.39 is 5.97 Å². The van der Waals surface area contributed by atoms with Crippen LogP contribution in [0.5, 0.6) is 11.5 Å². The van der Waals surface area contributed by atoms with Crippen molar-refractivity contribution in [2.45, 2.75) is 6.61 Å². The van der Waals surface area contributed by atoms with E-state index in [1.165, 1.54) is 11.3 Å². The minimum atomic E-state index is -0.405. The number of ether oxygens (including phenoxy) is 3. The molecule has 0 amide bonds. The van der Waals surface area contributed by atoms with E-state index in [1.54, 1.807) is 18.2 Å². The van der Waals surface area contributed by atoms with Gasteiger partial charge in [0, 0.05) is 0 Å². The number of aromatic nitrogens is 1. The summed E-state index contributed by atoms with van der Waals surface area (Å²) in [5, 5.41) is 0.773. The van der Waals surface area contributed by atoms with Gasteiger partial charge in [-0.15, -0.1) is 11.3 Å². The normalized spacial score (nSPS) is 12.5. The Morgan fingerprint density at radius 2 is 2.05 bits per heavy atom. The Labute approximate surface area is 130 Å². The number of nitrogens with zero attached hydrogens (tertiary/aromatic N) is 1. The zero-order valence-corrected chi connectivity index (χ0v) is 12.3. The maximum absolute atomic E-state index is 12.1. The molecule has 0 fully saturated rings. The lowest BCUT2D eigenvalue weighted by atomic mass is 10.2. The highest BCUT2D eigenvalue weighted by Gasteiger charge is 2.17. The monoisotopic (exact) mass is 313 g/mol. The van der Waals surface area contributed by atoms with Crippen molar-refractivity contribution < 1.29 is 19.0 Å². The molecule has 3 aromatic rings. The standard InChI is InChI=1S/C16H11NO4S/c18-16(10-5-6-12-13(7-10)21-9-20-12)19-8-15-17-11-3-1-2-4-14(11)22-15/h1-7H,8-9H2. The van der Waals surface area contributed by atoms with Gasteiger partial charge in [-0.25, -0.2) is 9.78 Å². The molecule has 1 aromatic heterocycles. The first kappa shape index (κ1) is 13.1. The van der Waals surface area contributed by atoms with Gasteiger partial charge >= 0.3 is 5.97 Å². The Bertz CT molecular complexity index is 825.